The van der Waals surface area contributed by atoms with Gasteiger partial charge in [0, 0.05) is 5.70 Å². The molecule has 1 aliphatic heterocycles. The van der Waals surface area contributed by atoms with Crippen molar-refractivity contribution in [2.24, 2.45) is 0 Å². The van der Waals surface area contributed by atoms with Gasteiger partial charge in [0.1, 0.15) is 5.75 Å². The third kappa shape index (κ3) is 3.44. The molecule has 2 aromatic rings. The predicted octanol–water partition coefficient (Wildman–Crippen LogP) is 2.30. The molecular formula is C18H16N2O6. The van der Waals surface area contributed by atoms with Gasteiger partial charge in [-0.05, 0) is 36.8 Å². The lowest BCUT2D eigenvalue weighted by Crippen LogP contribution is -2.45. The molecule has 134 valence electrons. The molecule has 0 saturated heterocycles. The van der Waals surface area contributed by atoms with Crippen LogP contribution in [-0.4, -0.2) is 25.1 Å². The molecule has 0 radical (unpaired) electrons. The maximum absolute atomic E-state index is 12.1. The molecule has 26 heavy (non-hydrogen) atoms. The van der Waals surface area contributed by atoms with E-state index in [0.29, 0.717) is 22.6 Å². The second kappa shape index (κ2) is 7.14. The second-order valence-corrected chi connectivity index (χ2v) is 5.50. The maximum atomic E-state index is 12.1. The van der Waals surface area contributed by atoms with Crippen LogP contribution in [0.15, 0.2) is 58.3 Å². The number of urea groups is 1. The fourth-order valence-electron chi connectivity index (χ4n) is 2.60. The number of methoxy groups -OCH3 is 1. The number of furan rings is 1. The Labute approximate surface area is 148 Å². The van der Waals surface area contributed by atoms with Crippen molar-refractivity contribution in [3.05, 3.63) is 65.3 Å². The summed E-state index contributed by atoms with van der Waals surface area (Å²) in [5, 5.41) is 5.23. The van der Waals surface area contributed by atoms with Gasteiger partial charge in [-0.25, -0.2) is 14.4 Å². The van der Waals surface area contributed by atoms with Gasteiger partial charge in [0.25, 0.3) is 0 Å². The Morgan fingerprint density at radius 1 is 1.12 bits per heavy atom. The molecule has 0 aliphatic carbocycles. The Morgan fingerprint density at radius 3 is 2.46 bits per heavy atom. The van der Waals surface area contributed by atoms with E-state index in [-0.39, 0.29) is 5.76 Å². The first-order valence-electron chi connectivity index (χ1n) is 7.72. The average molecular weight is 356 g/mol. The van der Waals surface area contributed by atoms with Gasteiger partial charge < -0.3 is 24.5 Å². The fourth-order valence-corrected chi connectivity index (χ4v) is 2.60. The van der Waals surface area contributed by atoms with Crippen molar-refractivity contribution in [2.75, 3.05) is 7.11 Å². The highest BCUT2D eigenvalue weighted by Crippen LogP contribution is 2.28. The van der Waals surface area contributed by atoms with Crippen LogP contribution in [0.4, 0.5) is 4.79 Å². The van der Waals surface area contributed by atoms with Crippen LogP contribution in [0.3, 0.4) is 0 Å². The quantitative estimate of drug-likeness (QED) is 0.643. The van der Waals surface area contributed by atoms with Gasteiger partial charge in [0.15, 0.2) is 0 Å². The Balaban J connectivity index is 1.82. The van der Waals surface area contributed by atoms with Gasteiger partial charge in [-0.2, -0.15) is 0 Å². The highest BCUT2D eigenvalue weighted by atomic mass is 16.5. The molecule has 3 rings (SSSR count). The number of rotatable bonds is 4. The van der Waals surface area contributed by atoms with Crippen LogP contribution < -0.4 is 15.4 Å². The van der Waals surface area contributed by atoms with Gasteiger partial charge >= 0.3 is 18.0 Å². The fraction of sp³-hybridized carbons (Fsp3) is 0.167. The first-order chi connectivity index (χ1) is 12.5. The zero-order valence-corrected chi connectivity index (χ0v) is 14.1. The van der Waals surface area contributed by atoms with Crippen molar-refractivity contribution in [2.45, 2.75) is 13.0 Å². The summed E-state index contributed by atoms with van der Waals surface area (Å²) >= 11 is 0. The number of benzene rings is 1. The van der Waals surface area contributed by atoms with Crippen LogP contribution in [0.5, 0.6) is 5.75 Å². The van der Waals surface area contributed by atoms with E-state index in [4.69, 9.17) is 13.9 Å². The standard InChI is InChI=1S/C18H16N2O6/c1-10-14(17(22)24-2)15(20-18(23)19-10)11-5-7-12(8-6-11)26-16(21)13-4-3-9-25-13/h3-9,15H,1-2H3,(H2,19,20,23)/t15-/m1/s1. The van der Waals surface area contributed by atoms with Crippen LogP contribution in [-0.2, 0) is 9.53 Å². The van der Waals surface area contributed by atoms with Gasteiger partial charge in [-0.15, -0.1) is 0 Å². The summed E-state index contributed by atoms with van der Waals surface area (Å²) in [6, 6.07) is 8.41. The molecule has 8 heteroatoms. The van der Waals surface area contributed by atoms with Gasteiger partial charge in [-0.1, -0.05) is 12.1 Å². The molecule has 2 amide bonds. The lowest BCUT2D eigenvalue weighted by Gasteiger charge is -2.27. The number of allylic oxidation sites excluding steroid dienone is 1. The van der Waals surface area contributed by atoms with Crippen molar-refractivity contribution in [1.29, 1.82) is 0 Å². The molecule has 0 spiro atoms. The predicted molar refractivity (Wildman–Crippen MR) is 89.2 cm³/mol. The van der Waals surface area contributed by atoms with Gasteiger partial charge in [0.05, 0.1) is 25.0 Å². The summed E-state index contributed by atoms with van der Waals surface area (Å²) in [6.07, 6.45) is 1.38. The minimum atomic E-state index is -0.675. The molecule has 1 aliphatic rings. The number of hydrogen-bond acceptors (Lipinski definition) is 6. The van der Waals surface area contributed by atoms with Crippen molar-refractivity contribution >= 4 is 18.0 Å². The van der Waals surface area contributed by atoms with Crippen LogP contribution in [0.2, 0.25) is 0 Å². The summed E-state index contributed by atoms with van der Waals surface area (Å²) in [4.78, 5) is 35.7. The van der Waals surface area contributed by atoms with E-state index in [9.17, 15) is 14.4 Å². The van der Waals surface area contributed by atoms with E-state index in [0.717, 1.165) is 0 Å². The molecule has 0 unspecified atom stereocenters. The number of carbonyl (C=O) groups is 3. The number of ether oxygens (including phenoxy) is 2. The Morgan fingerprint density at radius 2 is 1.85 bits per heavy atom. The molecule has 2 heterocycles. The van der Waals surface area contributed by atoms with E-state index in [1.807, 2.05) is 0 Å². The number of hydrogen-bond donors (Lipinski definition) is 2. The van der Waals surface area contributed by atoms with Crippen LogP contribution in [0, 0.1) is 0 Å². The SMILES string of the molecule is COC(=O)C1=C(C)NC(=O)N[C@@H]1c1ccc(OC(=O)c2ccco2)cc1. The Bertz CT molecular complexity index is 868. The number of amides is 2. The lowest BCUT2D eigenvalue weighted by atomic mass is 9.95. The molecule has 8 nitrogen and oxygen atoms in total. The van der Waals surface area contributed by atoms with Crippen LogP contribution in [0.1, 0.15) is 29.1 Å². The van der Waals surface area contributed by atoms with Gasteiger partial charge in [-0.3, -0.25) is 0 Å². The van der Waals surface area contributed by atoms with Crippen molar-refractivity contribution in [3.8, 4) is 5.75 Å². The van der Waals surface area contributed by atoms with Crippen molar-refractivity contribution < 1.29 is 28.3 Å². The monoisotopic (exact) mass is 356 g/mol. The van der Waals surface area contributed by atoms with Crippen molar-refractivity contribution in [3.63, 3.8) is 0 Å². The molecule has 0 saturated carbocycles. The van der Waals surface area contributed by atoms with E-state index in [1.54, 1.807) is 37.3 Å². The zero-order valence-electron chi connectivity index (χ0n) is 14.1. The summed E-state index contributed by atoms with van der Waals surface area (Å²) in [5.74, 6) is -0.779. The smallest absolute Gasteiger partial charge is 0.379 e. The molecule has 1 atom stereocenters. The Hall–Kier alpha value is -3.55. The zero-order chi connectivity index (χ0) is 18.7. The van der Waals surface area contributed by atoms with Crippen LogP contribution in [0.25, 0.3) is 0 Å². The topological polar surface area (TPSA) is 107 Å². The average Bonchev–Trinajstić information content (AvgIpc) is 3.16. The lowest BCUT2D eigenvalue weighted by molar-refractivity contribution is -0.136. The summed E-state index contributed by atoms with van der Waals surface area (Å²) in [7, 11) is 1.27. The Kier molecular flexibility index (Phi) is 4.74. The summed E-state index contributed by atoms with van der Waals surface area (Å²) in [6.45, 7) is 1.62. The third-order valence-corrected chi connectivity index (χ3v) is 3.82. The molecule has 0 bridgehead atoms. The van der Waals surface area contributed by atoms with E-state index in [2.05, 4.69) is 10.6 Å². The van der Waals surface area contributed by atoms with Gasteiger partial charge in [0.2, 0.25) is 5.76 Å². The molecule has 0 fully saturated rings. The second-order valence-electron chi connectivity index (χ2n) is 5.50. The first-order valence-corrected chi connectivity index (χ1v) is 7.72. The normalized spacial score (nSPS) is 16.5. The minimum absolute atomic E-state index is 0.0891. The number of nitrogens with one attached hydrogen (secondary N) is 2. The molecular weight excluding hydrogens is 340 g/mol. The van der Waals surface area contributed by atoms with Crippen molar-refractivity contribution in [1.82, 2.24) is 10.6 Å². The molecule has 2 N–H and O–H groups in total. The minimum Gasteiger partial charge on any atom is -0.466 e. The van der Waals surface area contributed by atoms with E-state index >= 15 is 0 Å². The third-order valence-electron chi connectivity index (χ3n) is 3.82. The summed E-state index contributed by atoms with van der Waals surface area (Å²) < 4.78 is 15.0. The molecule has 1 aromatic heterocycles. The number of esters is 2. The van der Waals surface area contributed by atoms with Crippen LogP contribution >= 0.6 is 0 Å². The number of carbonyl (C=O) groups excluding carboxylic acids is 3. The maximum Gasteiger partial charge on any atom is 0.379 e. The summed E-state index contributed by atoms with van der Waals surface area (Å²) in [5.41, 5.74) is 1.35. The highest BCUT2D eigenvalue weighted by molar-refractivity contribution is 5.95. The first kappa shape index (κ1) is 17.3. The molecule has 1 aromatic carbocycles. The largest absolute Gasteiger partial charge is 0.466 e. The van der Waals surface area contributed by atoms with E-state index < -0.39 is 24.0 Å². The highest BCUT2D eigenvalue weighted by Gasteiger charge is 2.31. The van der Waals surface area contributed by atoms with E-state index in [1.165, 1.54) is 19.4 Å².